The Kier molecular flexibility index (Phi) is 8.24. The molecule has 20 heavy (non-hydrogen) atoms. The standard InChI is InChI=1S/C13H17BrN4S.HI/c1-15-13(16-4-7-18-5-2-3-6-18)17-9-12-8-11(14)10-19-12;/h2-3,5-6,8,10H,4,7,9H2,1H3,(H2,15,16,17);1H. The first kappa shape index (κ1) is 17.5. The van der Waals surface area contributed by atoms with Crippen molar-refractivity contribution in [3.8, 4) is 0 Å². The Morgan fingerprint density at radius 1 is 1.35 bits per heavy atom. The Bertz CT molecular complexity index is 524. The van der Waals surface area contributed by atoms with Crippen LogP contribution in [0.3, 0.4) is 0 Å². The van der Waals surface area contributed by atoms with Gasteiger partial charge in [-0.15, -0.1) is 35.3 Å². The maximum Gasteiger partial charge on any atom is 0.191 e. The molecule has 2 aromatic heterocycles. The van der Waals surface area contributed by atoms with E-state index < -0.39 is 0 Å². The normalized spacial score (nSPS) is 11.0. The molecule has 0 fully saturated rings. The highest BCUT2D eigenvalue weighted by atomic mass is 127. The molecule has 0 aromatic carbocycles. The smallest absolute Gasteiger partial charge is 0.191 e. The number of aliphatic imine (C=N–C) groups is 1. The van der Waals surface area contributed by atoms with Crippen molar-refractivity contribution in [2.45, 2.75) is 13.1 Å². The Morgan fingerprint density at radius 3 is 2.70 bits per heavy atom. The average Bonchev–Trinajstić information content (AvgIpc) is 3.05. The summed E-state index contributed by atoms with van der Waals surface area (Å²) >= 11 is 5.18. The second-order valence-corrected chi connectivity index (χ2v) is 5.92. The lowest BCUT2D eigenvalue weighted by atomic mass is 10.4. The van der Waals surface area contributed by atoms with Gasteiger partial charge in [-0.3, -0.25) is 4.99 Å². The maximum atomic E-state index is 4.21. The van der Waals surface area contributed by atoms with E-state index in [1.54, 1.807) is 18.4 Å². The molecule has 0 aliphatic carbocycles. The van der Waals surface area contributed by atoms with Crippen molar-refractivity contribution < 1.29 is 0 Å². The zero-order chi connectivity index (χ0) is 13.5. The molecule has 0 unspecified atom stereocenters. The minimum Gasteiger partial charge on any atom is -0.355 e. The fraction of sp³-hybridized carbons (Fsp3) is 0.308. The summed E-state index contributed by atoms with van der Waals surface area (Å²) in [6.45, 7) is 2.57. The number of rotatable bonds is 5. The average molecular weight is 469 g/mol. The van der Waals surface area contributed by atoms with E-state index in [2.05, 4.69) is 60.0 Å². The van der Waals surface area contributed by atoms with Crippen molar-refractivity contribution in [1.82, 2.24) is 15.2 Å². The third-order valence-corrected chi connectivity index (χ3v) is 4.30. The summed E-state index contributed by atoms with van der Waals surface area (Å²) in [4.78, 5) is 5.48. The van der Waals surface area contributed by atoms with Crippen molar-refractivity contribution in [3.63, 3.8) is 0 Å². The summed E-state index contributed by atoms with van der Waals surface area (Å²) < 4.78 is 3.27. The number of hydrogen-bond donors (Lipinski definition) is 2. The zero-order valence-corrected chi connectivity index (χ0v) is 15.9. The summed E-state index contributed by atoms with van der Waals surface area (Å²) in [5.41, 5.74) is 0. The quantitative estimate of drug-likeness (QED) is 0.401. The van der Waals surface area contributed by atoms with Crippen LogP contribution in [0.25, 0.3) is 0 Å². The zero-order valence-electron chi connectivity index (χ0n) is 11.2. The van der Waals surface area contributed by atoms with Crippen molar-refractivity contribution in [1.29, 1.82) is 0 Å². The van der Waals surface area contributed by atoms with Gasteiger partial charge in [0.05, 0.1) is 6.54 Å². The van der Waals surface area contributed by atoms with Crippen LogP contribution in [-0.2, 0) is 13.1 Å². The number of aromatic nitrogens is 1. The highest BCUT2D eigenvalue weighted by molar-refractivity contribution is 14.0. The van der Waals surface area contributed by atoms with Gasteiger partial charge in [0.1, 0.15) is 0 Å². The highest BCUT2D eigenvalue weighted by Crippen LogP contribution is 2.19. The Labute approximate surface area is 148 Å². The van der Waals surface area contributed by atoms with Gasteiger partial charge in [0.2, 0.25) is 0 Å². The van der Waals surface area contributed by atoms with E-state index in [-0.39, 0.29) is 24.0 Å². The van der Waals surface area contributed by atoms with Crippen LogP contribution in [0.15, 0.2) is 45.4 Å². The molecular formula is C13H18BrIN4S. The highest BCUT2D eigenvalue weighted by Gasteiger charge is 2.00. The minimum atomic E-state index is 0. The van der Waals surface area contributed by atoms with Gasteiger partial charge in [0.25, 0.3) is 0 Å². The van der Waals surface area contributed by atoms with Crippen LogP contribution in [0.1, 0.15) is 4.88 Å². The summed E-state index contributed by atoms with van der Waals surface area (Å²) in [6, 6.07) is 6.17. The SMILES string of the molecule is CN=C(NCCn1cccc1)NCc1cc(Br)cs1.I. The van der Waals surface area contributed by atoms with Gasteiger partial charge >= 0.3 is 0 Å². The van der Waals surface area contributed by atoms with E-state index >= 15 is 0 Å². The Hall–Kier alpha value is -0.540. The molecule has 0 saturated heterocycles. The van der Waals surface area contributed by atoms with Gasteiger partial charge < -0.3 is 15.2 Å². The van der Waals surface area contributed by atoms with Crippen molar-refractivity contribution in [2.75, 3.05) is 13.6 Å². The van der Waals surface area contributed by atoms with E-state index in [4.69, 9.17) is 0 Å². The lowest BCUT2D eigenvalue weighted by Gasteiger charge is -2.11. The first-order valence-electron chi connectivity index (χ1n) is 6.06. The minimum absolute atomic E-state index is 0. The number of hydrogen-bond acceptors (Lipinski definition) is 2. The van der Waals surface area contributed by atoms with E-state index in [1.165, 1.54) is 4.88 Å². The predicted octanol–water partition coefficient (Wildman–Crippen LogP) is 3.30. The van der Waals surface area contributed by atoms with Crippen LogP contribution in [-0.4, -0.2) is 24.1 Å². The fourth-order valence-electron chi connectivity index (χ4n) is 1.66. The molecule has 0 amide bonds. The lowest BCUT2D eigenvalue weighted by Crippen LogP contribution is -2.38. The van der Waals surface area contributed by atoms with Crippen LogP contribution in [0.5, 0.6) is 0 Å². The van der Waals surface area contributed by atoms with Crippen LogP contribution < -0.4 is 10.6 Å². The summed E-state index contributed by atoms with van der Waals surface area (Å²) in [7, 11) is 1.79. The van der Waals surface area contributed by atoms with Crippen molar-refractivity contribution in [2.24, 2.45) is 4.99 Å². The second kappa shape index (κ2) is 9.41. The van der Waals surface area contributed by atoms with Crippen LogP contribution in [0.4, 0.5) is 0 Å². The molecule has 2 N–H and O–H groups in total. The van der Waals surface area contributed by atoms with Gasteiger partial charge in [-0.25, -0.2) is 0 Å². The van der Waals surface area contributed by atoms with Gasteiger partial charge in [0.15, 0.2) is 5.96 Å². The monoisotopic (exact) mass is 468 g/mol. The van der Waals surface area contributed by atoms with Crippen LogP contribution in [0, 0.1) is 0 Å². The molecule has 4 nitrogen and oxygen atoms in total. The summed E-state index contributed by atoms with van der Waals surface area (Å²) in [5, 5.41) is 8.68. The fourth-order valence-corrected chi connectivity index (χ4v) is 3.05. The van der Waals surface area contributed by atoms with E-state index in [0.29, 0.717) is 0 Å². The number of nitrogens with zero attached hydrogens (tertiary/aromatic N) is 2. The second-order valence-electron chi connectivity index (χ2n) is 4.00. The Balaban J connectivity index is 0.00000200. The largest absolute Gasteiger partial charge is 0.355 e. The van der Waals surface area contributed by atoms with Gasteiger partial charge in [-0.2, -0.15) is 0 Å². The molecule has 0 aliphatic rings. The molecule has 0 atom stereocenters. The van der Waals surface area contributed by atoms with Crippen LogP contribution >= 0.6 is 51.2 Å². The number of guanidine groups is 1. The third kappa shape index (κ3) is 5.84. The molecule has 0 saturated carbocycles. The molecule has 0 radical (unpaired) electrons. The molecular weight excluding hydrogens is 451 g/mol. The number of halogens is 2. The molecule has 2 aromatic rings. The topological polar surface area (TPSA) is 41.4 Å². The molecule has 7 heteroatoms. The molecule has 0 spiro atoms. The molecule has 0 aliphatic heterocycles. The lowest BCUT2D eigenvalue weighted by molar-refractivity contribution is 0.666. The first-order valence-corrected chi connectivity index (χ1v) is 7.73. The summed E-state index contributed by atoms with van der Waals surface area (Å²) in [5.74, 6) is 0.830. The van der Waals surface area contributed by atoms with E-state index in [0.717, 1.165) is 30.1 Å². The molecule has 110 valence electrons. The van der Waals surface area contributed by atoms with E-state index in [1.807, 2.05) is 12.1 Å². The number of nitrogens with one attached hydrogen (secondary N) is 2. The maximum absolute atomic E-state index is 4.21. The first-order chi connectivity index (χ1) is 9.28. The molecule has 2 rings (SSSR count). The molecule has 0 bridgehead atoms. The summed E-state index contributed by atoms with van der Waals surface area (Å²) in [6.07, 6.45) is 4.11. The third-order valence-electron chi connectivity index (χ3n) is 2.60. The van der Waals surface area contributed by atoms with Crippen molar-refractivity contribution in [3.05, 3.63) is 45.3 Å². The Morgan fingerprint density at radius 2 is 2.10 bits per heavy atom. The van der Waals surface area contributed by atoms with Gasteiger partial charge in [0, 0.05) is 47.3 Å². The van der Waals surface area contributed by atoms with Gasteiger partial charge in [-0.05, 0) is 34.1 Å². The van der Waals surface area contributed by atoms with Gasteiger partial charge in [-0.1, -0.05) is 0 Å². The molecule has 2 heterocycles. The van der Waals surface area contributed by atoms with Crippen molar-refractivity contribution >= 4 is 57.2 Å². The van der Waals surface area contributed by atoms with Crippen LogP contribution in [0.2, 0.25) is 0 Å². The number of thiophene rings is 1. The predicted molar refractivity (Wildman–Crippen MR) is 100 cm³/mol. The van der Waals surface area contributed by atoms with E-state index in [9.17, 15) is 0 Å².